The van der Waals surface area contributed by atoms with Gasteiger partial charge < -0.3 is 10.3 Å². The van der Waals surface area contributed by atoms with Crippen LogP contribution in [0.1, 0.15) is 30.5 Å². The smallest absolute Gasteiger partial charge is 0.343 e. The van der Waals surface area contributed by atoms with Crippen molar-refractivity contribution in [1.29, 1.82) is 0 Å². The average molecular weight is 346 g/mol. The number of nitrogens with zero attached hydrogens (tertiary/aromatic N) is 1. The van der Waals surface area contributed by atoms with E-state index in [0.717, 1.165) is 22.0 Å². The number of nitrogens with two attached hydrogens (primary N) is 1. The third-order valence-corrected chi connectivity index (χ3v) is 4.83. The molecule has 0 spiro atoms. The van der Waals surface area contributed by atoms with Crippen LogP contribution in [-0.4, -0.2) is 10.7 Å². The summed E-state index contributed by atoms with van der Waals surface area (Å²) in [5.41, 5.74) is 7.30. The molecule has 0 aliphatic heterocycles. The molecule has 0 saturated carbocycles. The highest BCUT2D eigenvalue weighted by atomic mass is 19.4. The van der Waals surface area contributed by atoms with E-state index < -0.39 is 11.6 Å². The second-order valence-electron chi connectivity index (χ2n) is 6.82. The Morgan fingerprint density at radius 2 is 1.60 bits per heavy atom. The van der Waals surface area contributed by atoms with Gasteiger partial charge in [-0.3, -0.25) is 0 Å². The highest BCUT2D eigenvalue weighted by Crippen LogP contribution is 2.40. The van der Waals surface area contributed by atoms with Crippen LogP contribution in [0.25, 0.3) is 10.9 Å². The van der Waals surface area contributed by atoms with Gasteiger partial charge in [0.15, 0.2) is 0 Å². The summed E-state index contributed by atoms with van der Waals surface area (Å²) in [6.45, 7) is 3.45. The fraction of sp³-hybridized carbons (Fsp3) is 0.300. The molecule has 0 amide bonds. The quantitative estimate of drug-likeness (QED) is 0.709. The van der Waals surface area contributed by atoms with Crippen molar-refractivity contribution in [2.24, 2.45) is 5.73 Å². The van der Waals surface area contributed by atoms with Crippen molar-refractivity contribution in [3.63, 3.8) is 0 Å². The molecule has 3 rings (SSSR count). The predicted octanol–water partition coefficient (Wildman–Crippen LogP) is 4.99. The second-order valence-corrected chi connectivity index (χ2v) is 6.82. The molecule has 2 aromatic carbocycles. The van der Waals surface area contributed by atoms with Gasteiger partial charge in [0.25, 0.3) is 0 Å². The van der Waals surface area contributed by atoms with Crippen molar-refractivity contribution in [3.05, 3.63) is 71.4 Å². The number of hydrogen-bond acceptors (Lipinski definition) is 1. The van der Waals surface area contributed by atoms with Crippen LogP contribution < -0.4 is 5.73 Å². The van der Waals surface area contributed by atoms with Crippen LogP contribution in [0.15, 0.2) is 54.7 Å². The lowest BCUT2D eigenvalue weighted by molar-refractivity contribution is -0.180. The molecular formula is C20H21F3N2. The molecule has 0 aliphatic rings. The van der Waals surface area contributed by atoms with Gasteiger partial charge in [0.05, 0.1) is 5.41 Å². The van der Waals surface area contributed by atoms with Gasteiger partial charge in [-0.1, -0.05) is 42.5 Å². The Morgan fingerprint density at radius 3 is 2.20 bits per heavy atom. The van der Waals surface area contributed by atoms with Gasteiger partial charge in [-0.15, -0.1) is 0 Å². The van der Waals surface area contributed by atoms with E-state index in [1.54, 1.807) is 24.3 Å². The maximum atomic E-state index is 13.2. The van der Waals surface area contributed by atoms with Gasteiger partial charge in [0.2, 0.25) is 0 Å². The molecule has 1 aromatic heterocycles. The van der Waals surface area contributed by atoms with Gasteiger partial charge >= 0.3 is 6.18 Å². The summed E-state index contributed by atoms with van der Waals surface area (Å²) < 4.78 is 41.6. The molecule has 0 unspecified atom stereocenters. The Bertz CT molecular complexity index is 874. The van der Waals surface area contributed by atoms with E-state index in [9.17, 15) is 13.2 Å². The molecular weight excluding hydrogens is 325 g/mol. The Hall–Kier alpha value is -2.27. The van der Waals surface area contributed by atoms with Crippen LogP contribution in [0.3, 0.4) is 0 Å². The molecule has 0 radical (unpaired) electrons. The predicted molar refractivity (Wildman–Crippen MR) is 94.5 cm³/mol. The molecule has 0 aliphatic carbocycles. The Labute approximate surface area is 145 Å². The summed E-state index contributed by atoms with van der Waals surface area (Å²) in [6.07, 6.45) is -2.26. The molecule has 1 heterocycles. The molecule has 3 aromatic rings. The van der Waals surface area contributed by atoms with E-state index in [-0.39, 0.29) is 5.56 Å². The first-order chi connectivity index (χ1) is 11.7. The number of alkyl halides is 3. The Morgan fingerprint density at radius 1 is 0.960 bits per heavy atom. The van der Waals surface area contributed by atoms with Crippen molar-refractivity contribution in [2.75, 3.05) is 0 Å². The van der Waals surface area contributed by atoms with E-state index in [0.29, 0.717) is 13.1 Å². The zero-order valence-corrected chi connectivity index (χ0v) is 14.3. The van der Waals surface area contributed by atoms with Crippen LogP contribution >= 0.6 is 0 Å². The maximum Gasteiger partial charge on any atom is 0.397 e. The fourth-order valence-corrected chi connectivity index (χ4v) is 3.00. The van der Waals surface area contributed by atoms with Crippen molar-refractivity contribution < 1.29 is 13.2 Å². The summed E-state index contributed by atoms with van der Waals surface area (Å²) >= 11 is 0. The van der Waals surface area contributed by atoms with Crippen LogP contribution in [0.2, 0.25) is 0 Å². The second kappa shape index (κ2) is 6.23. The van der Waals surface area contributed by atoms with Crippen molar-refractivity contribution in [1.82, 2.24) is 4.57 Å². The summed E-state index contributed by atoms with van der Waals surface area (Å²) in [4.78, 5) is 0. The summed E-state index contributed by atoms with van der Waals surface area (Å²) in [6, 6.07) is 14.7. The van der Waals surface area contributed by atoms with Gasteiger partial charge in [0, 0.05) is 30.2 Å². The molecule has 0 atom stereocenters. The SMILES string of the molecule is CC(C)(c1ccc(Cn2cc(CN)c3ccccc32)cc1)C(F)(F)F. The summed E-state index contributed by atoms with van der Waals surface area (Å²) in [5.74, 6) is 0. The molecule has 25 heavy (non-hydrogen) atoms. The molecule has 5 heteroatoms. The van der Waals surface area contributed by atoms with E-state index in [1.165, 1.54) is 13.8 Å². The largest absolute Gasteiger partial charge is 0.397 e. The van der Waals surface area contributed by atoms with E-state index >= 15 is 0 Å². The molecule has 132 valence electrons. The zero-order valence-electron chi connectivity index (χ0n) is 14.3. The minimum Gasteiger partial charge on any atom is -0.343 e. The minimum atomic E-state index is -4.28. The maximum absolute atomic E-state index is 13.2. The van der Waals surface area contributed by atoms with Crippen LogP contribution in [0.4, 0.5) is 13.2 Å². The van der Waals surface area contributed by atoms with Gasteiger partial charge in [-0.05, 0) is 36.6 Å². The standard InChI is InChI=1S/C20H21F3N2/c1-19(2,20(21,22)23)16-9-7-14(8-10-16)12-25-13-15(11-24)17-5-3-4-6-18(17)25/h3-10,13H,11-12,24H2,1-2H3. The van der Waals surface area contributed by atoms with Crippen LogP contribution in [0, 0.1) is 0 Å². The first kappa shape index (κ1) is 17.5. The third kappa shape index (κ3) is 3.16. The van der Waals surface area contributed by atoms with Crippen molar-refractivity contribution in [3.8, 4) is 0 Å². The zero-order chi connectivity index (χ0) is 18.2. The van der Waals surface area contributed by atoms with Gasteiger partial charge in [0.1, 0.15) is 0 Å². The number of benzene rings is 2. The van der Waals surface area contributed by atoms with Gasteiger partial charge in [-0.2, -0.15) is 13.2 Å². The number of para-hydroxylation sites is 1. The highest BCUT2D eigenvalue weighted by Gasteiger charge is 2.48. The van der Waals surface area contributed by atoms with E-state index in [1.807, 2.05) is 30.5 Å². The first-order valence-electron chi connectivity index (χ1n) is 8.17. The van der Waals surface area contributed by atoms with E-state index in [4.69, 9.17) is 5.73 Å². The first-order valence-corrected chi connectivity index (χ1v) is 8.17. The number of aromatic nitrogens is 1. The van der Waals surface area contributed by atoms with Gasteiger partial charge in [-0.25, -0.2) is 0 Å². The molecule has 0 fully saturated rings. The fourth-order valence-electron chi connectivity index (χ4n) is 3.00. The molecule has 0 saturated heterocycles. The lowest BCUT2D eigenvalue weighted by Crippen LogP contribution is -2.36. The van der Waals surface area contributed by atoms with Crippen molar-refractivity contribution in [2.45, 2.75) is 38.5 Å². The normalized spacial score (nSPS) is 12.7. The topological polar surface area (TPSA) is 30.9 Å². The minimum absolute atomic E-state index is 0.267. The van der Waals surface area contributed by atoms with Crippen LogP contribution in [0.5, 0.6) is 0 Å². The summed E-state index contributed by atoms with van der Waals surface area (Å²) in [7, 11) is 0. The number of hydrogen-bond donors (Lipinski definition) is 1. The Kier molecular flexibility index (Phi) is 4.37. The lowest BCUT2D eigenvalue weighted by atomic mass is 9.83. The highest BCUT2D eigenvalue weighted by molar-refractivity contribution is 5.84. The molecule has 0 bridgehead atoms. The van der Waals surface area contributed by atoms with E-state index in [2.05, 4.69) is 4.57 Å². The van der Waals surface area contributed by atoms with Crippen molar-refractivity contribution >= 4 is 10.9 Å². The molecule has 2 N–H and O–H groups in total. The average Bonchev–Trinajstić information content (AvgIpc) is 2.92. The number of rotatable bonds is 4. The number of fused-ring (bicyclic) bond motifs is 1. The molecule has 2 nitrogen and oxygen atoms in total. The lowest BCUT2D eigenvalue weighted by Gasteiger charge is -2.28. The van der Waals surface area contributed by atoms with Crippen LogP contribution in [-0.2, 0) is 18.5 Å². The Balaban J connectivity index is 1.90. The monoisotopic (exact) mass is 346 g/mol. The third-order valence-electron chi connectivity index (χ3n) is 4.83. The summed E-state index contributed by atoms with van der Waals surface area (Å²) in [5, 5.41) is 1.11. The number of halogens is 3.